The highest BCUT2D eigenvalue weighted by Crippen LogP contribution is 2.12. The molecule has 0 radical (unpaired) electrons. The summed E-state index contributed by atoms with van der Waals surface area (Å²) in [7, 11) is 0. The number of hydrogen-bond donors (Lipinski definition) is 0. The van der Waals surface area contributed by atoms with Gasteiger partial charge in [0.15, 0.2) is 0 Å². The van der Waals surface area contributed by atoms with Gasteiger partial charge in [-0.1, -0.05) is 27.7 Å². The topological polar surface area (TPSA) is 0 Å². The average molecular weight is 148 g/mol. The van der Waals surface area contributed by atoms with E-state index in [1.807, 2.05) is 25.6 Å². The van der Waals surface area contributed by atoms with E-state index in [2.05, 4.69) is 20.1 Å². The maximum Gasteiger partial charge on any atom is 0.00390 e. The fourth-order valence-electron chi connectivity index (χ4n) is 0.622. The lowest BCUT2D eigenvalue weighted by Crippen LogP contribution is -1.94. The Morgan fingerprint density at radius 3 is 1.44 bits per heavy atom. The summed E-state index contributed by atoms with van der Waals surface area (Å²) in [5, 5.41) is 0.903. The third kappa shape index (κ3) is 8.35. The van der Waals surface area contributed by atoms with Crippen molar-refractivity contribution < 1.29 is 0 Å². The second-order valence-electron chi connectivity index (χ2n) is 1.67. The van der Waals surface area contributed by atoms with E-state index < -0.39 is 0 Å². The van der Waals surface area contributed by atoms with Crippen molar-refractivity contribution >= 4 is 11.8 Å². The molecule has 0 N–H and O–H groups in total. The van der Waals surface area contributed by atoms with Gasteiger partial charge < -0.3 is 0 Å². The first-order valence-corrected chi connectivity index (χ1v) is 5.16. The minimum atomic E-state index is 0.903. The molecule has 0 saturated carbocycles. The second-order valence-corrected chi connectivity index (χ2v) is 2.81. The fraction of sp³-hybridized carbons (Fsp3) is 1.00. The van der Waals surface area contributed by atoms with E-state index in [4.69, 9.17) is 0 Å². The number of rotatable bonds is 3. The van der Waals surface area contributed by atoms with Gasteiger partial charge in [0.25, 0.3) is 0 Å². The third-order valence-electron chi connectivity index (χ3n) is 1.24. The zero-order valence-corrected chi connectivity index (χ0v) is 8.22. The van der Waals surface area contributed by atoms with Gasteiger partial charge in [0.2, 0.25) is 0 Å². The summed E-state index contributed by atoms with van der Waals surface area (Å²) in [6.45, 7) is 8.48. The van der Waals surface area contributed by atoms with Crippen molar-refractivity contribution in [3.8, 4) is 0 Å². The molecule has 0 atom stereocenters. The van der Waals surface area contributed by atoms with Gasteiger partial charge in [-0.3, -0.25) is 0 Å². The van der Waals surface area contributed by atoms with E-state index in [0.717, 1.165) is 5.25 Å². The molecule has 0 fully saturated rings. The minimum absolute atomic E-state index is 0.903. The van der Waals surface area contributed by atoms with Crippen molar-refractivity contribution in [1.29, 1.82) is 0 Å². The Hall–Kier alpha value is 0.350. The summed E-state index contributed by atoms with van der Waals surface area (Å²) < 4.78 is 0. The zero-order chi connectivity index (χ0) is 7.70. The van der Waals surface area contributed by atoms with Gasteiger partial charge in [0, 0.05) is 5.25 Å². The molecule has 0 aliphatic carbocycles. The summed E-state index contributed by atoms with van der Waals surface area (Å²) in [6, 6.07) is 0. The fourth-order valence-corrected chi connectivity index (χ4v) is 1.29. The van der Waals surface area contributed by atoms with Gasteiger partial charge in [0.05, 0.1) is 0 Å². The van der Waals surface area contributed by atoms with Crippen molar-refractivity contribution in [3.05, 3.63) is 0 Å². The normalized spacial score (nSPS) is 8.67. The summed E-state index contributed by atoms with van der Waals surface area (Å²) in [5.74, 6) is 0. The minimum Gasteiger partial charge on any atom is -0.162 e. The van der Waals surface area contributed by atoms with Gasteiger partial charge in [-0.2, -0.15) is 11.8 Å². The first kappa shape index (κ1) is 12.1. The predicted molar refractivity (Wildman–Crippen MR) is 49.2 cm³/mol. The SMILES string of the molecule is CC.CCC(CC)SC. The molecular formula is C8H20S. The Balaban J connectivity index is 0. The molecule has 0 heterocycles. The molecule has 58 valence electrons. The first-order chi connectivity index (χ1) is 4.35. The van der Waals surface area contributed by atoms with Gasteiger partial charge >= 0.3 is 0 Å². The quantitative estimate of drug-likeness (QED) is 0.589. The highest BCUT2D eigenvalue weighted by Gasteiger charge is 1.96. The first-order valence-electron chi connectivity index (χ1n) is 3.87. The van der Waals surface area contributed by atoms with Crippen LogP contribution in [0.2, 0.25) is 0 Å². The lowest BCUT2D eigenvalue weighted by atomic mass is 10.3. The molecule has 0 aliphatic rings. The van der Waals surface area contributed by atoms with Crippen LogP contribution in [0.1, 0.15) is 40.5 Å². The van der Waals surface area contributed by atoms with Crippen LogP contribution < -0.4 is 0 Å². The van der Waals surface area contributed by atoms with Crippen LogP contribution in [0.3, 0.4) is 0 Å². The Kier molecular flexibility index (Phi) is 15.0. The largest absolute Gasteiger partial charge is 0.162 e. The van der Waals surface area contributed by atoms with Crippen LogP contribution in [-0.2, 0) is 0 Å². The molecule has 0 unspecified atom stereocenters. The second kappa shape index (κ2) is 11.2. The monoisotopic (exact) mass is 148 g/mol. The summed E-state index contributed by atoms with van der Waals surface area (Å²) >= 11 is 1.97. The predicted octanol–water partition coefficient (Wildman–Crippen LogP) is 3.56. The van der Waals surface area contributed by atoms with E-state index in [1.165, 1.54) is 12.8 Å². The summed E-state index contributed by atoms with van der Waals surface area (Å²) in [6.07, 6.45) is 4.81. The van der Waals surface area contributed by atoms with E-state index in [0.29, 0.717) is 0 Å². The Morgan fingerprint density at radius 2 is 1.44 bits per heavy atom. The van der Waals surface area contributed by atoms with Gasteiger partial charge in [-0.05, 0) is 19.1 Å². The Morgan fingerprint density at radius 1 is 1.11 bits per heavy atom. The molecule has 1 heteroatoms. The highest BCUT2D eigenvalue weighted by atomic mass is 32.2. The maximum absolute atomic E-state index is 2.24. The molecule has 0 aromatic carbocycles. The Labute approximate surface area is 64.4 Å². The molecule has 0 nitrogen and oxygen atoms in total. The van der Waals surface area contributed by atoms with Crippen LogP contribution >= 0.6 is 11.8 Å². The van der Waals surface area contributed by atoms with Crippen molar-refractivity contribution in [2.24, 2.45) is 0 Å². The van der Waals surface area contributed by atoms with Crippen molar-refractivity contribution in [1.82, 2.24) is 0 Å². The van der Waals surface area contributed by atoms with E-state index >= 15 is 0 Å². The summed E-state index contributed by atoms with van der Waals surface area (Å²) in [5.41, 5.74) is 0. The van der Waals surface area contributed by atoms with E-state index in [9.17, 15) is 0 Å². The van der Waals surface area contributed by atoms with Crippen molar-refractivity contribution in [3.63, 3.8) is 0 Å². The summed E-state index contributed by atoms with van der Waals surface area (Å²) in [4.78, 5) is 0. The average Bonchev–Trinajstić information content (AvgIpc) is 1.96. The molecule has 0 bridgehead atoms. The zero-order valence-electron chi connectivity index (χ0n) is 7.40. The molecular weight excluding hydrogens is 128 g/mol. The third-order valence-corrected chi connectivity index (χ3v) is 2.58. The standard InChI is InChI=1S/C6H14S.C2H6/c1-4-6(5-2)7-3;1-2/h6H,4-5H2,1-3H3;1-2H3. The van der Waals surface area contributed by atoms with Crippen LogP contribution in [0.15, 0.2) is 0 Å². The number of hydrogen-bond acceptors (Lipinski definition) is 1. The smallest absolute Gasteiger partial charge is 0.00390 e. The maximum atomic E-state index is 2.24. The molecule has 0 spiro atoms. The van der Waals surface area contributed by atoms with Crippen LogP contribution in [0.25, 0.3) is 0 Å². The van der Waals surface area contributed by atoms with Gasteiger partial charge in [-0.15, -0.1) is 0 Å². The lowest BCUT2D eigenvalue weighted by Gasteiger charge is -2.05. The molecule has 9 heavy (non-hydrogen) atoms. The molecule has 0 rings (SSSR count). The van der Waals surface area contributed by atoms with Gasteiger partial charge in [-0.25, -0.2) is 0 Å². The molecule has 0 aromatic rings. The van der Waals surface area contributed by atoms with Crippen molar-refractivity contribution in [2.45, 2.75) is 45.8 Å². The lowest BCUT2D eigenvalue weighted by molar-refractivity contribution is 0.794. The van der Waals surface area contributed by atoms with Crippen LogP contribution in [0, 0.1) is 0 Å². The van der Waals surface area contributed by atoms with Crippen LogP contribution in [0.4, 0.5) is 0 Å². The number of thioether (sulfide) groups is 1. The van der Waals surface area contributed by atoms with Crippen LogP contribution in [0.5, 0.6) is 0 Å². The highest BCUT2D eigenvalue weighted by molar-refractivity contribution is 7.99. The molecule has 0 aliphatic heterocycles. The van der Waals surface area contributed by atoms with Gasteiger partial charge in [0.1, 0.15) is 0 Å². The molecule has 0 aromatic heterocycles. The van der Waals surface area contributed by atoms with Crippen molar-refractivity contribution in [2.75, 3.05) is 6.26 Å². The van der Waals surface area contributed by atoms with E-state index in [1.54, 1.807) is 0 Å². The Bertz CT molecular complexity index is 26.0. The molecule has 0 amide bonds. The van der Waals surface area contributed by atoms with Crippen LogP contribution in [-0.4, -0.2) is 11.5 Å². The molecule has 0 saturated heterocycles. The van der Waals surface area contributed by atoms with E-state index in [-0.39, 0.29) is 0 Å².